The summed E-state index contributed by atoms with van der Waals surface area (Å²) < 4.78 is 0. The average molecular weight is 231 g/mol. The molecule has 0 radical (unpaired) electrons. The fourth-order valence-corrected chi connectivity index (χ4v) is 2.41. The first-order valence-corrected chi connectivity index (χ1v) is 6.30. The minimum atomic E-state index is 0.387. The van der Waals surface area contributed by atoms with E-state index in [1.165, 1.54) is 24.9 Å². The van der Waals surface area contributed by atoms with Gasteiger partial charge in [0.25, 0.3) is 0 Å². The highest BCUT2D eigenvalue weighted by atomic mass is 15.2. The molecule has 17 heavy (non-hydrogen) atoms. The lowest BCUT2D eigenvalue weighted by molar-refractivity contribution is 0.202. The molecular formula is C14H21N3. The Bertz CT molecular complexity index is 368. The van der Waals surface area contributed by atoms with Gasteiger partial charge in [0.05, 0.1) is 11.9 Å². The number of nitrogens with zero attached hydrogens (tertiary/aromatic N) is 2. The van der Waals surface area contributed by atoms with Crippen LogP contribution in [-0.4, -0.2) is 29.9 Å². The molecular weight excluding hydrogens is 210 g/mol. The van der Waals surface area contributed by atoms with Gasteiger partial charge in [-0.1, -0.05) is 30.3 Å². The highest BCUT2D eigenvalue weighted by molar-refractivity contribution is 5.77. The van der Waals surface area contributed by atoms with E-state index in [1.54, 1.807) is 0 Å². The normalized spacial score (nSPS) is 22.6. The third kappa shape index (κ3) is 3.86. The average Bonchev–Trinajstić information content (AvgIpc) is 2.30. The van der Waals surface area contributed by atoms with Crippen molar-refractivity contribution >= 4 is 5.84 Å². The number of hydrogen-bond acceptors (Lipinski definition) is 2. The van der Waals surface area contributed by atoms with Crippen LogP contribution in [0.4, 0.5) is 0 Å². The first-order valence-electron chi connectivity index (χ1n) is 6.30. The Morgan fingerprint density at radius 1 is 1.41 bits per heavy atom. The molecule has 3 nitrogen and oxygen atoms in total. The predicted octanol–water partition coefficient (Wildman–Crippen LogP) is 2.03. The van der Waals surface area contributed by atoms with E-state index in [1.807, 2.05) is 6.92 Å². The van der Waals surface area contributed by atoms with Crippen molar-refractivity contribution in [2.75, 3.05) is 13.1 Å². The number of benzene rings is 1. The van der Waals surface area contributed by atoms with Gasteiger partial charge in [-0.3, -0.25) is 9.89 Å². The summed E-state index contributed by atoms with van der Waals surface area (Å²) in [6.45, 7) is 5.10. The number of nitrogens with two attached hydrogens (primary N) is 1. The molecule has 0 saturated carbocycles. The summed E-state index contributed by atoms with van der Waals surface area (Å²) in [5.74, 6) is 0.705. The van der Waals surface area contributed by atoms with Crippen LogP contribution >= 0.6 is 0 Å². The van der Waals surface area contributed by atoms with E-state index in [0.29, 0.717) is 11.9 Å². The molecule has 0 amide bonds. The molecule has 0 aliphatic carbocycles. The molecule has 1 unspecified atom stereocenters. The van der Waals surface area contributed by atoms with Gasteiger partial charge in [0.15, 0.2) is 0 Å². The molecule has 1 aromatic rings. The van der Waals surface area contributed by atoms with Gasteiger partial charge < -0.3 is 5.73 Å². The van der Waals surface area contributed by atoms with Gasteiger partial charge in [0, 0.05) is 13.1 Å². The van der Waals surface area contributed by atoms with E-state index in [2.05, 4.69) is 40.2 Å². The maximum absolute atomic E-state index is 5.65. The van der Waals surface area contributed by atoms with Crippen LogP contribution in [0.3, 0.4) is 0 Å². The number of likely N-dealkylation sites (tertiary alicyclic amines) is 1. The largest absolute Gasteiger partial charge is 0.388 e. The molecule has 0 aromatic heterocycles. The lowest BCUT2D eigenvalue weighted by atomic mass is 10.1. The first-order chi connectivity index (χ1) is 8.24. The van der Waals surface area contributed by atoms with Crippen molar-refractivity contribution in [3.05, 3.63) is 35.9 Å². The van der Waals surface area contributed by atoms with Crippen molar-refractivity contribution in [2.24, 2.45) is 10.7 Å². The van der Waals surface area contributed by atoms with E-state index in [9.17, 15) is 0 Å². The predicted molar refractivity (Wildman–Crippen MR) is 72.0 cm³/mol. The summed E-state index contributed by atoms with van der Waals surface area (Å²) in [4.78, 5) is 6.95. The summed E-state index contributed by atoms with van der Waals surface area (Å²) >= 11 is 0. The quantitative estimate of drug-likeness (QED) is 0.639. The number of amidine groups is 1. The van der Waals surface area contributed by atoms with Gasteiger partial charge in [-0.2, -0.15) is 0 Å². The summed E-state index contributed by atoms with van der Waals surface area (Å²) in [5.41, 5.74) is 7.03. The van der Waals surface area contributed by atoms with Gasteiger partial charge in [-0.25, -0.2) is 0 Å². The zero-order valence-corrected chi connectivity index (χ0v) is 10.5. The fraction of sp³-hybridized carbons (Fsp3) is 0.500. The van der Waals surface area contributed by atoms with E-state index >= 15 is 0 Å². The molecule has 1 aliphatic rings. The van der Waals surface area contributed by atoms with Crippen LogP contribution in [0.2, 0.25) is 0 Å². The van der Waals surface area contributed by atoms with Crippen LogP contribution in [0, 0.1) is 0 Å². The van der Waals surface area contributed by atoms with Crippen LogP contribution in [-0.2, 0) is 6.54 Å². The monoisotopic (exact) mass is 231 g/mol. The fourth-order valence-electron chi connectivity index (χ4n) is 2.41. The smallest absolute Gasteiger partial charge is 0.0909 e. The molecule has 92 valence electrons. The Morgan fingerprint density at radius 3 is 2.88 bits per heavy atom. The van der Waals surface area contributed by atoms with Crippen molar-refractivity contribution in [2.45, 2.75) is 32.4 Å². The topological polar surface area (TPSA) is 41.6 Å². The Morgan fingerprint density at radius 2 is 2.18 bits per heavy atom. The zero-order valence-electron chi connectivity index (χ0n) is 10.5. The van der Waals surface area contributed by atoms with E-state index in [0.717, 1.165) is 13.1 Å². The van der Waals surface area contributed by atoms with Gasteiger partial charge in [0.2, 0.25) is 0 Å². The molecule has 2 N–H and O–H groups in total. The Labute approximate surface area is 103 Å². The standard InChI is InChI=1S/C14H21N3/c1-12(15)16-14-8-5-9-17(11-14)10-13-6-3-2-4-7-13/h2-4,6-7,14H,5,8-11H2,1H3,(H2,15,16). The lowest BCUT2D eigenvalue weighted by Gasteiger charge is -2.30. The summed E-state index contributed by atoms with van der Waals surface area (Å²) in [6, 6.07) is 11.0. The lowest BCUT2D eigenvalue weighted by Crippen LogP contribution is -2.37. The summed E-state index contributed by atoms with van der Waals surface area (Å²) in [5, 5.41) is 0. The molecule has 3 heteroatoms. The number of hydrogen-bond donors (Lipinski definition) is 1. The molecule has 1 saturated heterocycles. The van der Waals surface area contributed by atoms with Crippen LogP contribution in [0.5, 0.6) is 0 Å². The van der Waals surface area contributed by atoms with Gasteiger partial charge in [-0.15, -0.1) is 0 Å². The van der Waals surface area contributed by atoms with Crippen molar-refractivity contribution in [3.63, 3.8) is 0 Å². The Kier molecular flexibility index (Phi) is 4.15. The minimum absolute atomic E-state index is 0.387. The highest BCUT2D eigenvalue weighted by Crippen LogP contribution is 2.15. The SMILES string of the molecule is CC(N)=NC1CCCN(Cc2ccccc2)C1. The van der Waals surface area contributed by atoms with Crippen LogP contribution in [0.15, 0.2) is 35.3 Å². The molecule has 1 atom stereocenters. The van der Waals surface area contributed by atoms with Crippen molar-refractivity contribution in [1.29, 1.82) is 0 Å². The number of aliphatic imine (C=N–C) groups is 1. The van der Waals surface area contributed by atoms with Crippen molar-refractivity contribution in [3.8, 4) is 0 Å². The second kappa shape index (κ2) is 5.82. The Hall–Kier alpha value is -1.35. The maximum atomic E-state index is 5.65. The zero-order chi connectivity index (χ0) is 12.1. The Balaban J connectivity index is 1.92. The first kappa shape index (κ1) is 12.1. The van der Waals surface area contributed by atoms with Crippen LogP contribution < -0.4 is 5.73 Å². The molecule has 1 fully saturated rings. The second-order valence-corrected chi connectivity index (χ2v) is 4.79. The highest BCUT2D eigenvalue weighted by Gasteiger charge is 2.18. The van der Waals surface area contributed by atoms with E-state index in [4.69, 9.17) is 5.73 Å². The van der Waals surface area contributed by atoms with E-state index < -0.39 is 0 Å². The molecule has 0 spiro atoms. The van der Waals surface area contributed by atoms with Gasteiger partial charge in [-0.05, 0) is 31.9 Å². The van der Waals surface area contributed by atoms with Crippen molar-refractivity contribution < 1.29 is 0 Å². The van der Waals surface area contributed by atoms with Gasteiger partial charge >= 0.3 is 0 Å². The van der Waals surface area contributed by atoms with Gasteiger partial charge in [0.1, 0.15) is 0 Å². The molecule has 2 rings (SSSR count). The third-order valence-corrected chi connectivity index (χ3v) is 3.12. The molecule has 1 aliphatic heterocycles. The molecule has 1 aromatic carbocycles. The summed E-state index contributed by atoms with van der Waals surface area (Å²) in [7, 11) is 0. The van der Waals surface area contributed by atoms with Crippen molar-refractivity contribution in [1.82, 2.24) is 4.90 Å². The molecule has 0 bridgehead atoms. The summed E-state index contributed by atoms with van der Waals surface area (Å²) in [6.07, 6.45) is 2.38. The maximum Gasteiger partial charge on any atom is 0.0909 e. The minimum Gasteiger partial charge on any atom is -0.388 e. The van der Waals surface area contributed by atoms with Crippen LogP contribution in [0.1, 0.15) is 25.3 Å². The van der Waals surface area contributed by atoms with Crippen LogP contribution in [0.25, 0.3) is 0 Å². The molecule has 1 heterocycles. The number of piperidine rings is 1. The third-order valence-electron chi connectivity index (χ3n) is 3.12. The van der Waals surface area contributed by atoms with E-state index in [-0.39, 0.29) is 0 Å². The number of rotatable bonds is 3. The second-order valence-electron chi connectivity index (χ2n) is 4.79.